The molecule has 88 valence electrons. The van der Waals surface area contributed by atoms with Crippen molar-refractivity contribution in [2.75, 3.05) is 13.2 Å². The number of rotatable bonds is 2. The molecule has 2 rings (SSSR count). The molecule has 1 fully saturated rings. The Morgan fingerprint density at radius 2 is 1.94 bits per heavy atom. The van der Waals surface area contributed by atoms with Gasteiger partial charge < -0.3 is 4.74 Å². The van der Waals surface area contributed by atoms with Gasteiger partial charge in [-0.15, -0.1) is 0 Å². The molecule has 0 radical (unpaired) electrons. The highest BCUT2D eigenvalue weighted by atomic mass is 32.2. The van der Waals surface area contributed by atoms with Crippen molar-refractivity contribution in [3.05, 3.63) is 30.1 Å². The van der Waals surface area contributed by atoms with Crippen LogP contribution in [0.2, 0.25) is 0 Å². The predicted octanol–water partition coefficient (Wildman–Crippen LogP) is 1.78. The van der Waals surface area contributed by atoms with Gasteiger partial charge in [-0.25, -0.2) is 12.8 Å². The maximum Gasteiger partial charge on any atom is 0.181 e. The van der Waals surface area contributed by atoms with E-state index in [1.54, 1.807) is 0 Å². The van der Waals surface area contributed by atoms with Crippen molar-refractivity contribution in [3.8, 4) is 0 Å². The average molecular weight is 244 g/mol. The molecule has 3 nitrogen and oxygen atoms in total. The summed E-state index contributed by atoms with van der Waals surface area (Å²) < 4.78 is 42.3. The third-order valence-electron chi connectivity index (χ3n) is 2.73. The number of halogens is 1. The zero-order valence-corrected chi connectivity index (χ0v) is 9.54. The number of ether oxygens (including phenoxy) is 1. The van der Waals surface area contributed by atoms with Crippen molar-refractivity contribution in [2.45, 2.75) is 23.0 Å². The molecule has 1 aliphatic heterocycles. The van der Waals surface area contributed by atoms with Crippen LogP contribution in [-0.2, 0) is 14.6 Å². The summed E-state index contributed by atoms with van der Waals surface area (Å²) in [5.74, 6) is -0.520. The molecule has 0 bridgehead atoms. The number of benzene rings is 1. The Hall–Kier alpha value is -0.940. The van der Waals surface area contributed by atoms with E-state index < -0.39 is 20.9 Å². The van der Waals surface area contributed by atoms with Gasteiger partial charge in [0, 0.05) is 13.2 Å². The summed E-state index contributed by atoms with van der Waals surface area (Å²) in [6.07, 6.45) is 0.970. The second-order valence-corrected chi connectivity index (χ2v) is 6.04. The summed E-state index contributed by atoms with van der Waals surface area (Å²) in [4.78, 5) is 0.0689. The van der Waals surface area contributed by atoms with Gasteiger partial charge in [0.15, 0.2) is 9.84 Å². The molecule has 1 heterocycles. The molecule has 0 saturated carbocycles. The normalized spacial score (nSPS) is 18.6. The molecule has 0 spiro atoms. The molecule has 1 aromatic carbocycles. The quantitative estimate of drug-likeness (QED) is 0.796. The summed E-state index contributed by atoms with van der Waals surface area (Å²) in [7, 11) is -3.40. The summed E-state index contributed by atoms with van der Waals surface area (Å²) in [5, 5.41) is -0.442. The van der Waals surface area contributed by atoms with E-state index in [9.17, 15) is 12.8 Å². The van der Waals surface area contributed by atoms with E-state index in [1.165, 1.54) is 18.2 Å². The Labute approximate surface area is 94.2 Å². The monoisotopic (exact) mass is 244 g/mol. The molecule has 5 heteroatoms. The van der Waals surface area contributed by atoms with Gasteiger partial charge in [-0.2, -0.15) is 0 Å². The molecule has 1 aliphatic rings. The molecule has 0 N–H and O–H groups in total. The Kier molecular flexibility index (Phi) is 3.25. The number of hydrogen-bond acceptors (Lipinski definition) is 3. The second kappa shape index (κ2) is 4.51. The zero-order valence-electron chi connectivity index (χ0n) is 8.73. The van der Waals surface area contributed by atoms with Crippen LogP contribution in [-0.4, -0.2) is 26.9 Å². The van der Waals surface area contributed by atoms with Crippen molar-refractivity contribution in [3.63, 3.8) is 0 Å². The van der Waals surface area contributed by atoms with Crippen LogP contribution in [0.3, 0.4) is 0 Å². The first-order chi connectivity index (χ1) is 7.60. The molecule has 0 atom stereocenters. The molecule has 16 heavy (non-hydrogen) atoms. The van der Waals surface area contributed by atoms with Crippen molar-refractivity contribution in [2.24, 2.45) is 0 Å². The Balaban J connectivity index is 2.30. The fourth-order valence-corrected chi connectivity index (χ4v) is 3.57. The highest BCUT2D eigenvalue weighted by Gasteiger charge is 2.29. The standard InChI is InChI=1S/C11H13FO3S/c12-9-2-1-3-11(8-9)16(13,14)10-4-6-15-7-5-10/h1-3,8,10H,4-7H2. The van der Waals surface area contributed by atoms with Crippen LogP contribution in [0.4, 0.5) is 4.39 Å². The SMILES string of the molecule is O=S(=O)(c1cccc(F)c1)C1CCOCC1. The lowest BCUT2D eigenvalue weighted by Crippen LogP contribution is -2.29. The minimum Gasteiger partial charge on any atom is -0.381 e. The molecule has 0 aromatic heterocycles. The van der Waals surface area contributed by atoms with E-state index in [0.717, 1.165) is 6.07 Å². The van der Waals surface area contributed by atoms with Crippen molar-refractivity contribution in [1.82, 2.24) is 0 Å². The predicted molar refractivity (Wildman–Crippen MR) is 57.4 cm³/mol. The van der Waals surface area contributed by atoms with Crippen LogP contribution in [0.1, 0.15) is 12.8 Å². The number of hydrogen-bond donors (Lipinski definition) is 0. The maximum atomic E-state index is 13.0. The van der Waals surface area contributed by atoms with Gasteiger partial charge in [0.1, 0.15) is 5.82 Å². The molecule has 1 saturated heterocycles. The summed E-state index contributed by atoms with van der Waals surface area (Å²) >= 11 is 0. The summed E-state index contributed by atoms with van der Waals surface area (Å²) in [5.41, 5.74) is 0. The van der Waals surface area contributed by atoms with Gasteiger partial charge >= 0.3 is 0 Å². The first-order valence-electron chi connectivity index (χ1n) is 5.18. The fraction of sp³-hybridized carbons (Fsp3) is 0.455. The largest absolute Gasteiger partial charge is 0.381 e. The van der Waals surface area contributed by atoms with Crippen LogP contribution >= 0.6 is 0 Å². The third kappa shape index (κ3) is 2.25. The van der Waals surface area contributed by atoms with Gasteiger partial charge in [-0.05, 0) is 31.0 Å². The molecule has 0 unspecified atom stereocenters. The lowest BCUT2D eigenvalue weighted by atomic mass is 10.2. The molecular weight excluding hydrogens is 231 g/mol. The smallest absolute Gasteiger partial charge is 0.181 e. The molecule has 0 aliphatic carbocycles. The van der Waals surface area contributed by atoms with E-state index in [2.05, 4.69) is 0 Å². The van der Waals surface area contributed by atoms with Crippen LogP contribution in [0.15, 0.2) is 29.2 Å². The van der Waals surface area contributed by atoms with Crippen LogP contribution in [0.5, 0.6) is 0 Å². The minimum atomic E-state index is -3.40. The summed E-state index contributed by atoms with van der Waals surface area (Å²) in [6.45, 7) is 0.915. The molecule has 0 amide bonds. The van der Waals surface area contributed by atoms with Crippen LogP contribution in [0.25, 0.3) is 0 Å². The Morgan fingerprint density at radius 1 is 1.25 bits per heavy atom. The van der Waals surface area contributed by atoms with Crippen LogP contribution in [0, 0.1) is 5.82 Å². The summed E-state index contributed by atoms with van der Waals surface area (Å²) in [6, 6.07) is 5.17. The van der Waals surface area contributed by atoms with E-state index in [1.807, 2.05) is 0 Å². The van der Waals surface area contributed by atoms with E-state index in [-0.39, 0.29) is 4.90 Å². The van der Waals surface area contributed by atoms with E-state index in [0.29, 0.717) is 26.1 Å². The van der Waals surface area contributed by atoms with Gasteiger partial charge in [0.25, 0.3) is 0 Å². The van der Waals surface area contributed by atoms with Crippen molar-refractivity contribution < 1.29 is 17.5 Å². The first kappa shape index (κ1) is 11.5. The molecule has 1 aromatic rings. The maximum absolute atomic E-state index is 13.0. The van der Waals surface area contributed by atoms with E-state index >= 15 is 0 Å². The van der Waals surface area contributed by atoms with Gasteiger partial charge in [-0.1, -0.05) is 6.07 Å². The zero-order chi connectivity index (χ0) is 11.6. The fourth-order valence-electron chi connectivity index (χ4n) is 1.82. The Bertz CT molecular complexity index is 464. The van der Waals surface area contributed by atoms with Crippen LogP contribution < -0.4 is 0 Å². The van der Waals surface area contributed by atoms with Crippen molar-refractivity contribution >= 4 is 9.84 Å². The Morgan fingerprint density at radius 3 is 2.56 bits per heavy atom. The van der Waals surface area contributed by atoms with Crippen molar-refractivity contribution in [1.29, 1.82) is 0 Å². The minimum absolute atomic E-state index is 0.0689. The highest BCUT2D eigenvalue weighted by Crippen LogP contribution is 2.23. The van der Waals surface area contributed by atoms with Gasteiger partial charge in [-0.3, -0.25) is 0 Å². The highest BCUT2D eigenvalue weighted by molar-refractivity contribution is 7.92. The third-order valence-corrected chi connectivity index (χ3v) is 4.99. The lowest BCUT2D eigenvalue weighted by Gasteiger charge is -2.22. The lowest BCUT2D eigenvalue weighted by molar-refractivity contribution is 0.0983. The van der Waals surface area contributed by atoms with Gasteiger partial charge in [0.2, 0.25) is 0 Å². The number of sulfone groups is 1. The first-order valence-corrected chi connectivity index (χ1v) is 6.72. The average Bonchev–Trinajstić information content (AvgIpc) is 2.30. The van der Waals surface area contributed by atoms with Gasteiger partial charge in [0.05, 0.1) is 10.1 Å². The second-order valence-electron chi connectivity index (χ2n) is 3.81. The molecular formula is C11H13FO3S. The topological polar surface area (TPSA) is 43.4 Å². The van der Waals surface area contributed by atoms with E-state index in [4.69, 9.17) is 4.74 Å².